The molecule has 1 saturated heterocycles. The molecule has 2 atom stereocenters. The normalized spacial score (nSPS) is 29.6. The molecule has 2 heterocycles. The molecule has 0 N–H and O–H groups in total. The first-order valence-corrected chi connectivity index (χ1v) is 7.38. The maximum atomic E-state index is 14.2. The number of halogens is 2. The van der Waals surface area contributed by atoms with E-state index in [1.54, 1.807) is 29.1 Å². The number of nitrogens with zero attached hydrogens (tertiary/aromatic N) is 3. The SMILES string of the molecule is N#Cc1ccc2ncn(C[C@@H]3C[C@@]4(CCC3(F)F)CO4)c2c1. The van der Waals surface area contributed by atoms with Crippen LogP contribution in [0.3, 0.4) is 0 Å². The number of hydrogen-bond donors (Lipinski definition) is 0. The van der Waals surface area contributed by atoms with E-state index in [4.69, 9.17) is 10.00 Å². The van der Waals surface area contributed by atoms with Crippen molar-refractivity contribution in [1.82, 2.24) is 9.55 Å². The predicted octanol–water partition coefficient (Wildman–Crippen LogP) is 3.11. The van der Waals surface area contributed by atoms with Gasteiger partial charge in [0.1, 0.15) is 0 Å². The van der Waals surface area contributed by atoms with Crippen LogP contribution in [0, 0.1) is 17.2 Å². The summed E-state index contributed by atoms with van der Waals surface area (Å²) in [6.45, 7) is 0.798. The van der Waals surface area contributed by atoms with Crippen LogP contribution in [-0.2, 0) is 11.3 Å². The van der Waals surface area contributed by atoms with Crippen LogP contribution in [-0.4, -0.2) is 27.7 Å². The summed E-state index contributed by atoms with van der Waals surface area (Å²) in [5, 5.41) is 8.99. The molecule has 1 spiro atoms. The molecule has 114 valence electrons. The monoisotopic (exact) mass is 303 g/mol. The first kappa shape index (κ1) is 13.6. The molecule has 2 aromatic rings. The largest absolute Gasteiger partial charge is 0.370 e. The van der Waals surface area contributed by atoms with Crippen molar-refractivity contribution >= 4 is 11.0 Å². The fourth-order valence-corrected chi connectivity index (χ4v) is 3.37. The number of benzene rings is 1. The van der Waals surface area contributed by atoms with Gasteiger partial charge in [-0.15, -0.1) is 0 Å². The van der Waals surface area contributed by atoms with Crippen LogP contribution < -0.4 is 0 Å². The Hall–Kier alpha value is -2.00. The molecular formula is C16H15F2N3O. The lowest BCUT2D eigenvalue weighted by Crippen LogP contribution is -2.41. The number of imidazole rings is 1. The second-order valence-electron chi connectivity index (χ2n) is 6.35. The highest BCUT2D eigenvalue weighted by Crippen LogP contribution is 2.50. The Bertz CT molecular complexity index is 773. The molecule has 0 unspecified atom stereocenters. The summed E-state index contributed by atoms with van der Waals surface area (Å²) in [5.74, 6) is -3.44. The Morgan fingerprint density at radius 3 is 2.95 bits per heavy atom. The van der Waals surface area contributed by atoms with Crippen LogP contribution in [0.25, 0.3) is 11.0 Å². The number of rotatable bonds is 2. The van der Waals surface area contributed by atoms with Gasteiger partial charge in [0.05, 0.1) is 41.2 Å². The zero-order valence-electron chi connectivity index (χ0n) is 11.9. The third kappa shape index (κ3) is 2.17. The Morgan fingerprint density at radius 2 is 2.23 bits per heavy atom. The van der Waals surface area contributed by atoms with Gasteiger partial charge in [-0.3, -0.25) is 0 Å². The van der Waals surface area contributed by atoms with Gasteiger partial charge in [0.15, 0.2) is 0 Å². The van der Waals surface area contributed by atoms with E-state index < -0.39 is 11.8 Å². The maximum Gasteiger partial charge on any atom is 0.252 e. The third-order valence-electron chi connectivity index (χ3n) is 4.85. The van der Waals surface area contributed by atoms with E-state index >= 15 is 0 Å². The summed E-state index contributed by atoms with van der Waals surface area (Å²) in [4.78, 5) is 4.24. The number of nitriles is 1. The second kappa shape index (κ2) is 4.50. The minimum Gasteiger partial charge on any atom is -0.370 e. The highest BCUT2D eigenvalue weighted by molar-refractivity contribution is 5.76. The van der Waals surface area contributed by atoms with E-state index in [2.05, 4.69) is 11.1 Å². The third-order valence-corrected chi connectivity index (χ3v) is 4.85. The minimum atomic E-state index is -2.68. The molecule has 2 aliphatic rings. The van der Waals surface area contributed by atoms with Gasteiger partial charge in [0, 0.05) is 18.9 Å². The molecule has 4 nitrogen and oxygen atoms in total. The topological polar surface area (TPSA) is 54.1 Å². The van der Waals surface area contributed by atoms with Gasteiger partial charge in [-0.25, -0.2) is 13.8 Å². The first-order valence-electron chi connectivity index (χ1n) is 7.38. The smallest absolute Gasteiger partial charge is 0.252 e. The van der Waals surface area contributed by atoms with Gasteiger partial charge >= 0.3 is 0 Å². The lowest BCUT2D eigenvalue weighted by molar-refractivity contribution is -0.107. The number of fused-ring (bicyclic) bond motifs is 1. The van der Waals surface area contributed by atoms with Crippen molar-refractivity contribution in [2.24, 2.45) is 5.92 Å². The molecule has 1 saturated carbocycles. The fraction of sp³-hybridized carbons (Fsp3) is 0.500. The summed E-state index contributed by atoms with van der Waals surface area (Å²) in [5.41, 5.74) is 1.65. The van der Waals surface area contributed by atoms with Crippen LogP contribution in [0.1, 0.15) is 24.8 Å². The van der Waals surface area contributed by atoms with Crippen molar-refractivity contribution in [3.63, 3.8) is 0 Å². The van der Waals surface area contributed by atoms with E-state index in [0.717, 1.165) is 11.0 Å². The zero-order chi connectivity index (χ0) is 15.4. The Kier molecular flexibility index (Phi) is 2.79. The average Bonchev–Trinajstić information content (AvgIpc) is 3.16. The molecule has 2 fully saturated rings. The molecule has 4 rings (SSSR count). The van der Waals surface area contributed by atoms with Crippen molar-refractivity contribution in [2.45, 2.75) is 37.3 Å². The van der Waals surface area contributed by atoms with Gasteiger partial charge in [-0.05, 0) is 31.0 Å². The van der Waals surface area contributed by atoms with Crippen LogP contribution in [0.15, 0.2) is 24.5 Å². The van der Waals surface area contributed by atoms with Crippen molar-refractivity contribution in [1.29, 1.82) is 5.26 Å². The molecule has 0 bridgehead atoms. The highest BCUT2D eigenvalue weighted by atomic mass is 19.3. The predicted molar refractivity (Wildman–Crippen MR) is 75.4 cm³/mol. The molecular weight excluding hydrogens is 288 g/mol. The van der Waals surface area contributed by atoms with E-state index in [0.29, 0.717) is 25.0 Å². The summed E-state index contributed by atoms with van der Waals surface area (Å²) in [7, 11) is 0. The Labute approximate surface area is 126 Å². The van der Waals surface area contributed by atoms with Crippen LogP contribution in [0.4, 0.5) is 8.78 Å². The number of alkyl halides is 2. The van der Waals surface area contributed by atoms with Crippen LogP contribution >= 0.6 is 0 Å². The molecule has 6 heteroatoms. The van der Waals surface area contributed by atoms with E-state index in [1.165, 1.54) is 0 Å². The van der Waals surface area contributed by atoms with Crippen molar-refractivity contribution in [3.8, 4) is 6.07 Å². The Morgan fingerprint density at radius 1 is 1.41 bits per heavy atom. The van der Waals surface area contributed by atoms with Gasteiger partial charge in [0.2, 0.25) is 0 Å². The summed E-state index contributed by atoms with van der Waals surface area (Å²) in [6.07, 6.45) is 2.29. The highest BCUT2D eigenvalue weighted by Gasteiger charge is 2.57. The van der Waals surface area contributed by atoms with Crippen molar-refractivity contribution < 1.29 is 13.5 Å². The number of epoxide rings is 1. The molecule has 1 aromatic heterocycles. The molecule has 0 radical (unpaired) electrons. The Balaban J connectivity index is 1.66. The van der Waals surface area contributed by atoms with Gasteiger partial charge in [0.25, 0.3) is 5.92 Å². The average molecular weight is 303 g/mol. The number of aromatic nitrogens is 2. The van der Waals surface area contributed by atoms with Gasteiger partial charge < -0.3 is 9.30 Å². The minimum absolute atomic E-state index is 0.117. The van der Waals surface area contributed by atoms with Crippen LogP contribution in [0.2, 0.25) is 0 Å². The van der Waals surface area contributed by atoms with E-state index in [-0.39, 0.29) is 18.6 Å². The zero-order valence-corrected chi connectivity index (χ0v) is 11.9. The fourth-order valence-electron chi connectivity index (χ4n) is 3.37. The van der Waals surface area contributed by atoms with Gasteiger partial charge in [-0.1, -0.05) is 0 Å². The number of ether oxygens (including phenoxy) is 1. The van der Waals surface area contributed by atoms with Crippen molar-refractivity contribution in [2.75, 3.05) is 6.61 Å². The maximum absolute atomic E-state index is 14.2. The summed E-state index contributed by atoms with van der Waals surface area (Å²) < 4.78 is 35.6. The lowest BCUT2D eigenvalue weighted by Gasteiger charge is -2.34. The lowest BCUT2D eigenvalue weighted by atomic mass is 9.78. The molecule has 1 aromatic carbocycles. The standard InChI is InChI=1S/C16H15F2N3O/c17-16(18)4-3-15(9-22-15)6-12(16)8-21-10-20-13-2-1-11(7-19)5-14(13)21/h1-2,5,10,12H,3-4,6,8-9H2/t12-,15-/m0/s1. The van der Waals surface area contributed by atoms with Crippen LogP contribution in [0.5, 0.6) is 0 Å². The quantitative estimate of drug-likeness (QED) is 0.801. The second-order valence-corrected chi connectivity index (χ2v) is 6.35. The molecule has 22 heavy (non-hydrogen) atoms. The molecule has 0 amide bonds. The van der Waals surface area contributed by atoms with E-state index in [1.807, 2.05) is 0 Å². The summed E-state index contributed by atoms with van der Waals surface area (Å²) in [6, 6.07) is 7.20. The van der Waals surface area contributed by atoms with E-state index in [9.17, 15) is 8.78 Å². The van der Waals surface area contributed by atoms with Gasteiger partial charge in [-0.2, -0.15) is 5.26 Å². The number of hydrogen-bond acceptors (Lipinski definition) is 3. The molecule has 1 aliphatic heterocycles. The van der Waals surface area contributed by atoms with Crippen molar-refractivity contribution in [3.05, 3.63) is 30.1 Å². The molecule has 1 aliphatic carbocycles. The summed E-state index contributed by atoms with van der Waals surface area (Å²) >= 11 is 0. The first-order chi connectivity index (χ1) is 10.5.